The first-order valence-corrected chi connectivity index (χ1v) is 8.29. The van der Waals surface area contributed by atoms with E-state index in [1.54, 1.807) is 49.1 Å². The molecule has 2 N–H and O–H groups in total. The third-order valence-corrected chi connectivity index (χ3v) is 4.35. The Hall–Kier alpha value is -3.07. The molecule has 2 amide bonds. The average Bonchev–Trinajstić information content (AvgIpc) is 3.25. The van der Waals surface area contributed by atoms with Gasteiger partial charge in [-0.25, -0.2) is 4.98 Å². The number of rotatable bonds is 6. The molecule has 0 aliphatic carbocycles. The molecular weight excluding hydrogens is 336 g/mol. The van der Waals surface area contributed by atoms with Gasteiger partial charge in [-0.2, -0.15) is 15.2 Å². The number of benzene rings is 1. The summed E-state index contributed by atoms with van der Waals surface area (Å²) in [4.78, 5) is 28.7. The zero-order chi connectivity index (χ0) is 18.7. The van der Waals surface area contributed by atoms with E-state index in [1.165, 1.54) is 6.33 Å². The van der Waals surface area contributed by atoms with E-state index in [1.807, 2.05) is 0 Å². The van der Waals surface area contributed by atoms with Gasteiger partial charge in [0.15, 0.2) is 5.60 Å². The molecule has 3 rings (SSSR count). The Morgan fingerprint density at radius 3 is 2.85 bits per heavy atom. The van der Waals surface area contributed by atoms with Crippen LogP contribution in [0.2, 0.25) is 0 Å². The minimum absolute atomic E-state index is 0.236. The van der Waals surface area contributed by atoms with Gasteiger partial charge in [0.05, 0.1) is 17.9 Å². The van der Waals surface area contributed by atoms with E-state index in [0.717, 1.165) is 5.01 Å². The number of hydrogen-bond donors (Lipinski definition) is 2. The molecule has 0 bridgehead atoms. The largest absolute Gasteiger partial charge is 0.374 e. The van der Waals surface area contributed by atoms with Crippen LogP contribution >= 0.6 is 0 Å². The molecule has 1 aliphatic heterocycles. The van der Waals surface area contributed by atoms with Crippen LogP contribution in [0.4, 0.5) is 5.69 Å². The number of carbonyl (C=O) groups is 2. The Morgan fingerprint density at radius 1 is 1.38 bits per heavy atom. The normalized spacial score (nSPS) is 19.6. The maximum atomic E-state index is 12.5. The molecule has 1 aromatic heterocycles. The maximum Gasteiger partial charge on any atom is 0.285 e. The van der Waals surface area contributed by atoms with E-state index >= 15 is 0 Å². The van der Waals surface area contributed by atoms with Crippen molar-refractivity contribution >= 4 is 23.2 Å². The number of hydrazone groups is 1. The van der Waals surface area contributed by atoms with Crippen LogP contribution in [0, 0.1) is 0 Å². The molecule has 136 valence electrons. The van der Waals surface area contributed by atoms with Crippen molar-refractivity contribution in [3.05, 3.63) is 42.5 Å². The van der Waals surface area contributed by atoms with Crippen LogP contribution in [0.3, 0.4) is 0 Å². The van der Waals surface area contributed by atoms with Crippen LogP contribution in [0.1, 0.15) is 30.6 Å². The molecular formula is C17H20N6O3. The summed E-state index contributed by atoms with van der Waals surface area (Å²) in [5.41, 5.74) is -0.417. The van der Waals surface area contributed by atoms with Crippen molar-refractivity contribution in [3.8, 4) is 0 Å². The summed E-state index contributed by atoms with van der Waals surface area (Å²) < 4.78 is 1.61. The molecule has 1 atom stereocenters. The summed E-state index contributed by atoms with van der Waals surface area (Å²) in [6, 6.07) is 6.56. The smallest absolute Gasteiger partial charge is 0.285 e. The van der Waals surface area contributed by atoms with Crippen LogP contribution in [0.15, 0.2) is 42.0 Å². The zero-order valence-corrected chi connectivity index (χ0v) is 14.6. The fourth-order valence-electron chi connectivity index (χ4n) is 2.70. The second kappa shape index (κ2) is 7.04. The van der Waals surface area contributed by atoms with Crippen molar-refractivity contribution in [3.63, 3.8) is 0 Å². The molecule has 1 aromatic carbocycles. The summed E-state index contributed by atoms with van der Waals surface area (Å²) >= 11 is 0. The summed E-state index contributed by atoms with van der Waals surface area (Å²) in [5.74, 6) is -0.786. The van der Waals surface area contributed by atoms with Gasteiger partial charge in [-0.1, -0.05) is 13.0 Å². The van der Waals surface area contributed by atoms with Crippen molar-refractivity contribution in [2.24, 2.45) is 5.10 Å². The monoisotopic (exact) mass is 356 g/mol. The Bertz CT molecular complexity index is 848. The Kier molecular flexibility index (Phi) is 4.81. The fraction of sp³-hybridized carbons (Fsp3) is 0.353. The minimum Gasteiger partial charge on any atom is -0.374 e. The Balaban J connectivity index is 1.70. The number of amides is 2. The molecule has 9 heteroatoms. The fourth-order valence-corrected chi connectivity index (χ4v) is 2.70. The van der Waals surface area contributed by atoms with Crippen LogP contribution in [-0.4, -0.2) is 49.5 Å². The lowest BCUT2D eigenvalue weighted by atomic mass is 9.95. The second-order valence-electron chi connectivity index (χ2n) is 5.98. The molecule has 0 saturated carbocycles. The van der Waals surface area contributed by atoms with Gasteiger partial charge in [0.1, 0.15) is 12.7 Å². The molecule has 9 nitrogen and oxygen atoms in total. The van der Waals surface area contributed by atoms with Crippen molar-refractivity contribution in [1.82, 2.24) is 20.1 Å². The third kappa shape index (κ3) is 3.21. The van der Waals surface area contributed by atoms with Gasteiger partial charge in [0.2, 0.25) is 0 Å². The number of anilines is 1. The SMILES string of the molecule is CC[C@]1(O)C(=O)N(c2cccc(C(=O)NCCn3cncn3)c2)N=C1C. The highest BCUT2D eigenvalue weighted by atomic mass is 16.3. The highest BCUT2D eigenvalue weighted by Gasteiger charge is 2.46. The number of aliphatic hydroxyl groups is 1. The lowest BCUT2D eigenvalue weighted by Crippen LogP contribution is -2.45. The van der Waals surface area contributed by atoms with Gasteiger partial charge in [-0.05, 0) is 31.5 Å². The third-order valence-electron chi connectivity index (χ3n) is 4.35. The number of nitrogens with one attached hydrogen (secondary N) is 1. The molecule has 1 aliphatic rings. The number of hydrogen-bond acceptors (Lipinski definition) is 6. The van der Waals surface area contributed by atoms with Gasteiger partial charge in [0, 0.05) is 12.1 Å². The van der Waals surface area contributed by atoms with Crippen molar-refractivity contribution in [2.45, 2.75) is 32.4 Å². The molecule has 0 radical (unpaired) electrons. The molecule has 26 heavy (non-hydrogen) atoms. The van der Waals surface area contributed by atoms with E-state index < -0.39 is 11.5 Å². The van der Waals surface area contributed by atoms with Crippen LogP contribution in [0.25, 0.3) is 0 Å². The summed E-state index contributed by atoms with van der Waals surface area (Å²) in [5, 5.41) is 22.5. The molecule has 0 unspecified atom stereocenters. The van der Waals surface area contributed by atoms with Crippen molar-refractivity contribution in [1.29, 1.82) is 0 Å². The van der Waals surface area contributed by atoms with Gasteiger partial charge >= 0.3 is 0 Å². The van der Waals surface area contributed by atoms with Crippen LogP contribution < -0.4 is 10.3 Å². The predicted octanol–water partition coefficient (Wildman–Crippen LogP) is 0.572. The van der Waals surface area contributed by atoms with E-state index in [-0.39, 0.29) is 12.3 Å². The van der Waals surface area contributed by atoms with Gasteiger partial charge < -0.3 is 10.4 Å². The first-order valence-electron chi connectivity index (χ1n) is 8.29. The van der Waals surface area contributed by atoms with Gasteiger partial charge in [-0.3, -0.25) is 14.3 Å². The molecule has 0 spiro atoms. The van der Waals surface area contributed by atoms with Gasteiger partial charge in [-0.15, -0.1) is 0 Å². The number of nitrogens with zero attached hydrogens (tertiary/aromatic N) is 5. The first-order chi connectivity index (χ1) is 12.5. The molecule has 2 heterocycles. The molecule has 0 fully saturated rings. The molecule has 2 aromatic rings. The van der Waals surface area contributed by atoms with Crippen LogP contribution in [0.5, 0.6) is 0 Å². The topological polar surface area (TPSA) is 113 Å². The van der Waals surface area contributed by atoms with Crippen molar-refractivity contribution in [2.75, 3.05) is 11.6 Å². The van der Waals surface area contributed by atoms with E-state index in [4.69, 9.17) is 0 Å². The zero-order valence-electron chi connectivity index (χ0n) is 14.6. The minimum atomic E-state index is -1.59. The summed E-state index contributed by atoms with van der Waals surface area (Å²) in [7, 11) is 0. The Labute approximate surface area is 150 Å². The first kappa shape index (κ1) is 17.7. The highest BCUT2D eigenvalue weighted by Crippen LogP contribution is 2.29. The summed E-state index contributed by atoms with van der Waals surface area (Å²) in [6.45, 7) is 4.23. The standard InChI is InChI=1S/C17H20N6O3/c1-3-17(26)12(2)21-23(16(17)25)14-6-4-5-13(9-14)15(24)19-7-8-22-11-18-10-20-22/h4-6,9-11,26H,3,7-8H2,1-2H3,(H,19,24)/t17-/m1/s1. The van der Waals surface area contributed by atoms with E-state index in [0.29, 0.717) is 30.1 Å². The maximum absolute atomic E-state index is 12.5. The number of aromatic nitrogens is 3. The number of carbonyl (C=O) groups excluding carboxylic acids is 2. The predicted molar refractivity (Wildman–Crippen MR) is 94.6 cm³/mol. The lowest BCUT2D eigenvalue weighted by molar-refractivity contribution is -0.129. The highest BCUT2D eigenvalue weighted by molar-refractivity contribution is 6.21. The van der Waals surface area contributed by atoms with E-state index in [2.05, 4.69) is 20.5 Å². The Morgan fingerprint density at radius 2 is 2.19 bits per heavy atom. The van der Waals surface area contributed by atoms with Crippen LogP contribution in [-0.2, 0) is 11.3 Å². The van der Waals surface area contributed by atoms with E-state index in [9.17, 15) is 14.7 Å². The van der Waals surface area contributed by atoms with Crippen molar-refractivity contribution < 1.29 is 14.7 Å². The second-order valence-corrected chi connectivity index (χ2v) is 5.98. The average molecular weight is 356 g/mol. The quantitative estimate of drug-likeness (QED) is 0.786. The van der Waals surface area contributed by atoms with Gasteiger partial charge in [0.25, 0.3) is 11.8 Å². The lowest BCUT2D eigenvalue weighted by Gasteiger charge is -2.20. The molecule has 0 saturated heterocycles. The summed E-state index contributed by atoms with van der Waals surface area (Å²) in [6.07, 6.45) is 3.24.